The van der Waals surface area contributed by atoms with Gasteiger partial charge in [0.2, 0.25) is 0 Å². The molecule has 0 unspecified atom stereocenters. The smallest absolute Gasteiger partial charge is 0.303 e. The molecule has 0 aromatic rings. The van der Waals surface area contributed by atoms with Crippen LogP contribution < -0.4 is 6.15 Å². The Morgan fingerprint density at radius 2 is 2.10 bits per heavy atom. The standard InChI is InChI=1S/C6H9NO2.H3N/c7-5-3-1-2-4-6(8)9;/h1-4H2,(H,8,9);1H3. The quantitative estimate of drug-likeness (QED) is 0.581. The van der Waals surface area contributed by atoms with Gasteiger partial charge in [0.15, 0.2) is 0 Å². The molecule has 0 heterocycles. The number of hydrogen-bond acceptors (Lipinski definition) is 3. The molecule has 4 heteroatoms. The molecule has 0 saturated carbocycles. The van der Waals surface area contributed by atoms with Crippen LogP contribution in [0.25, 0.3) is 0 Å². The Bertz CT molecular complexity index is 128. The van der Waals surface area contributed by atoms with Crippen molar-refractivity contribution >= 4 is 5.97 Å². The first-order valence-electron chi connectivity index (χ1n) is 2.86. The summed E-state index contributed by atoms with van der Waals surface area (Å²) in [4.78, 5) is 9.88. The Labute approximate surface area is 60.0 Å². The van der Waals surface area contributed by atoms with Gasteiger partial charge < -0.3 is 11.3 Å². The van der Waals surface area contributed by atoms with Crippen molar-refractivity contribution in [3.8, 4) is 6.07 Å². The Morgan fingerprint density at radius 3 is 2.50 bits per heavy atom. The zero-order valence-electron chi connectivity index (χ0n) is 5.84. The maximum Gasteiger partial charge on any atom is 0.303 e. The van der Waals surface area contributed by atoms with E-state index in [0.717, 1.165) is 0 Å². The average Bonchev–Trinajstić information content (AvgIpc) is 1.80. The summed E-state index contributed by atoms with van der Waals surface area (Å²) in [5, 5.41) is 16.2. The number of carboxylic acids is 1. The first kappa shape index (κ1) is 11.7. The molecule has 0 spiro atoms. The molecule has 4 nitrogen and oxygen atoms in total. The van der Waals surface area contributed by atoms with Crippen molar-refractivity contribution in [2.45, 2.75) is 25.7 Å². The number of hydrogen-bond donors (Lipinski definition) is 2. The van der Waals surface area contributed by atoms with Crippen LogP contribution in [0.3, 0.4) is 0 Å². The first-order chi connectivity index (χ1) is 4.27. The monoisotopic (exact) mass is 144 g/mol. The minimum absolute atomic E-state index is 0. The van der Waals surface area contributed by atoms with Crippen LogP contribution in [-0.2, 0) is 4.79 Å². The number of nitrogens with zero attached hydrogens (tertiary/aromatic N) is 1. The molecule has 0 bridgehead atoms. The van der Waals surface area contributed by atoms with Crippen LogP contribution >= 0.6 is 0 Å². The molecule has 0 aliphatic carbocycles. The topological polar surface area (TPSA) is 96.1 Å². The molecule has 0 rings (SSSR count). The van der Waals surface area contributed by atoms with E-state index in [0.29, 0.717) is 19.3 Å². The van der Waals surface area contributed by atoms with Crippen LogP contribution in [0.2, 0.25) is 0 Å². The molecule has 0 aromatic carbocycles. The summed E-state index contributed by atoms with van der Waals surface area (Å²) in [7, 11) is 0. The van der Waals surface area contributed by atoms with Crippen molar-refractivity contribution in [2.24, 2.45) is 0 Å². The van der Waals surface area contributed by atoms with Gasteiger partial charge in [-0.2, -0.15) is 5.26 Å². The lowest BCUT2D eigenvalue weighted by Gasteiger charge is -1.88. The Hall–Kier alpha value is -1.08. The van der Waals surface area contributed by atoms with E-state index in [1.165, 1.54) is 0 Å². The van der Waals surface area contributed by atoms with E-state index in [4.69, 9.17) is 10.4 Å². The fourth-order valence-electron chi connectivity index (χ4n) is 0.480. The maximum absolute atomic E-state index is 9.88. The van der Waals surface area contributed by atoms with E-state index < -0.39 is 5.97 Å². The van der Waals surface area contributed by atoms with Crippen molar-refractivity contribution in [1.82, 2.24) is 6.15 Å². The number of carbonyl (C=O) groups is 1. The highest BCUT2D eigenvalue weighted by molar-refractivity contribution is 5.66. The molecular formula is C6H12N2O2. The van der Waals surface area contributed by atoms with Crippen molar-refractivity contribution in [2.75, 3.05) is 0 Å². The average molecular weight is 144 g/mol. The molecule has 0 aromatic heterocycles. The number of nitriles is 1. The summed E-state index contributed by atoms with van der Waals surface area (Å²) < 4.78 is 0. The second kappa shape index (κ2) is 7.92. The van der Waals surface area contributed by atoms with Gasteiger partial charge in [-0.3, -0.25) is 4.79 Å². The van der Waals surface area contributed by atoms with Gasteiger partial charge >= 0.3 is 5.97 Å². The normalized spacial score (nSPS) is 7.50. The Morgan fingerprint density at radius 1 is 1.50 bits per heavy atom. The van der Waals surface area contributed by atoms with Crippen LogP contribution in [0.4, 0.5) is 0 Å². The second-order valence-electron chi connectivity index (χ2n) is 1.76. The number of unbranched alkanes of at least 4 members (excludes halogenated alkanes) is 2. The highest BCUT2D eigenvalue weighted by Gasteiger charge is 1.94. The number of rotatable bonds is 4. The van der Waals surface area contributed by atoms with Gasteiger partial charge in [0.1, 0.15) is 0 Å². The lowest BCUT2D eigenvalue weighted by atomic mass is 10.2. The lowest BCUT2D eigenvalue weighted by molar-refractivity contribution is -0.137. The van der Waals surface area contributed by atoms with Crippen molar-refractivity contribution in [3.63, 3.8) is 0 Å². The highest BCUT2D eigenvalue weighted by atomic mass is 16.4. The molecule has 0 aliphatic rings. The number of carboxylic acid groups (broad SMARTS) is 1. The SMILES string of the molecule is N.N#CCCCCC(=O)O. The third kappa shape index (κ3) is 10.0. The van der Waals surface area contributed by atoms with Crippen LogP contribution in [0.1, 0.15) is 25.7 Å². The van der Waals surface area contributed by atoms with E-state index in [1.54, 1.807) is 0 Å². The Balaban J connectivity index is 0. The summed E-state index contributed by atoms with van der Waals surface area (Å²) in [6, 6.07) is 1.95. The van der Waals surface area contributed by atoms with Crippen molar-refractivity contribution in [3.05, 3.63) is 0 Å². The molecule has 4 N–H and O–H groups in total. The second-order valence-corrected chi connectivity index (χ2v) is 1.76. The summed E-state index contributed by atoms with van der Waals surface area (Å²) >= 11 is 0. The summed E-state index contributed by atoms with van der Waals surface area (Å²) in [5.74, 6) is -0.784. The van der Waals surface area contributed by atoms with Gasteiger partial charge in [0, 0.05) is 12.8 Å². The predicted octanol–water partition coefficient (Wildman–Crippen LogP) is 1.32. The molecule has 0 atom stereocenters. The molecule has 10 heavy (non-hydrogen) atoms. The van der Waals surface area contributed by atoms with Crippen molar-refractivity contribution < 1.29 is 9.90 Å². The molecule has 58 valence electrons. The summed E-state index contributed by atoms with van der Waals surface area (Å²) in [6.07, 6.45) is 1.96. The highest BCUT2D eigenvalue weighted by Crippen LogP contribution is 1.97. The molecule has 0 aliphatic heterocycles. The zero-order chi connectivity index (χ0) is 7.11. The van der Waals surface area contributed by atoms with E-state index in [1.807, 2.05) is 6.07 Å². The zero-order valence-corrected chi connectivity index (χ0v) is 5.84. The van der Waals surface area contributed by atoms with Gasteiger partial charge in [-0.1, -0.05) is 0 Å². The van der Waals surface area contributed by atoms with Crippen LogP contribution in [0.15, 0.2) is 0 Å². The minimum Gasteiger partial charge on any atom is -0.481 e. The van der Waals surface area contributed by atoms with E-state index in [2.05, 4.69) is 0 Å². The summed E-state index contributed by atoms with van der Waals surface area (Å²) in [5.41, 5.74) is 0. The van der Waals surface area contributed by atoms with Gasteiger partial charge in [0.25, 0.3) is 0 Å². The third-order valence-electron chi connectivity index (χ3n) is 0.929. The van der Waals surface area contributed by atoms with E-state index >= 15 is 0 Å². The summed E-state index contributed by atoms with van der Waals surface area (Å²) in [6.45, 7) is 0. The predicted molar refractivity (Wildman–Crippen MR) is 36.7 cm³/mol. The Kier molecular flexibility index (Phi) is 9.25. The fraction of sp³-hybridized carbons (Fsp3) is 0.667. The van der Waals surface area contributed by atoms with Gasteiger partial charge in [-0.15, -0.1) is 0 Å². The van der Waals surface area contributed by atoms with Crippen LogP contribution in [-0.4, -0.2) is 11.1 Å². The first-order valence-corrected chi connectivity index (χ1v) is 2.86. The van der Waals surface area contributed by atoms with Gasteiger partial charge in [-0.25, -0.2) is 0 Å². The maximum atomic E-state index is 9.88. The van der Waals surface area contributed by atoms with E-state index in [9.17, 15) is 4.79 Å². The van der Waals surface area contributed by atoms with Gasteiger partial charge in [-0.05, 0) is 12.8 Å². The van der Waals surface area contributed by atoms with Crippen LogP contribution in [0, 0.1) is 11.3 Å². The largest absolute Gasteiger partial charge is 0.481 e. The molecular weight excluding hydrogens is 132 g/mol. The molecule has 0 saturated heterocycles. The lowest BCUT2D eigenvalue weighted by Crippen LogP contribution is -1.92. The van der Waals surface area contributed by atoms with Crippen molar-refractivity contribution in [1.29, 1.82) is 5.26 Å². The minimum atomic E-state index is -0.784. The molecule has 0 amide bonds. The number of aliphatic carboxylic acids is 1. The van der Waals surface area contributed by atoms with Gasteiger partial charge in [0.05, 0.1) is 6.07 Å². The van der Waals surface area contributed by atoms with Crippen LogP contribution in [0.5, 0.6) is 0 Å². The molecule has 0 radical (unpaired) electrons. The molecule has 0 fully saturated rings. The fourth-order valence-corrected chi connectivity index (χ4v) is 0.480. The third-order valence-corrected chi connectivity index (χ3v) is 0.929. The van der Waals surface area contributed by atoms with E-state index in [-0.39, 0.29) is 12.6 Å².